The van der Waals surface area contributed by atoms with Crippen LogP contribution in [0.15, 0.2) is 18.3 Å². The molecule has 0 aliphatic heterocycles. The number of carbonyl (C=O) groups is 1. The number of carbonyl (C=O) groups excluding carboxylic acids is 1. The quantitative estimate of drug-likeness (QED) is 0.714. The summed E-state index contributed by atoms with van der Waals surface area (Å²) in [6.07, 6.45) is 2.66. The van der Waals surface area contributed by atoms with Crippen LogP contribution < -0.4 is 10.6 Å². The van der Waals surface area contributed by atoms with Crippen molar-refractivity contribution in [1.29, 1.82) is 0 Å². The number of amides is 1. The Labute approximate surface area is 109 Å². The molecule has 2 N–H and O–H groups in total. The molecule has 18 heavy (non-hydrogen) atoms. The lowest BCUT2D eigenvalue weighted by molar-refractivity contribution is 0.0827. The van der Waals surface area contributed by atoms with E-state index in [0.717, 1.165) is 31.9 Å². The zero-order valence-electron chi connectivity index (χ0n) is 11.4. The predicted molar refractivity (Wildman–Crippen MR) is 73.9 cm³/mol. The Bertz CT molecular complexity index is 362. The maximum Gasteiger partial charge on any atom is 0.254 e. The summed E-state index contributed by atoms with van der Waals surface area (Å²) in [5, 5.41) is 6.48. The van der Waals surface area contributed by atoms with Gasteiger partial charge in [-0.2, -0.15) is 0 Å². The van der Waals surface area contributed by atoms with E-state index in [0.29, 0.717) is 5.56 Å². The van der Waals surface area contributed by atoms with E-state index in [4.69, 9.17) is 0 Å². The minimum absolute atomic E-state index is 0.0267. The van der Waals surface area contributed by atoms with Gasteiger partial charge in [-0.25, -0.2) is 4.98 Å². The molecule has 1 amide bonds. The molecule has 0 aliphatic carbocycles. The number of hydrogen-bond donors (Lipinski definition) is 2. The van der Waals surface area contributed by atoms with Gasteiger partial charge in [0.05, 0.1) is 5.56 Å². The van der Waals surface area contributed by atoms with Crippen molar-refractivity contribution in [3.63, 3.8) is 0 Å². The highest BCUT2D eigenvalue weighted by Gasteiger charge is 2.07. The normalized spacial score (nSPS) is 10.2. The average molecular weight is 250 g/mol. The lowest BCUT2D eigenvalue weighted by Crippen LogP contribution is -2.21. The molecule has 0 saturated carbocycles. The monoisotopic (exact) mass is 250 g/mol. The minimum Gasteiger partial charge on any atom is -0.370 e. The summed E-state index contributed by atoms with van der Waals surface area (Å²) < 4.78 is 0. The predicted octanol–water partition coefficient (Wildman–Crippen LogP) is 1.19. The van der Waals surface area contributed by atoms with Crippen LogP contribution >= 0.6 is 0 Å². The number of aromatic nitrogens is 1. The maximum absolute atomic E-state index is 11.6. The third-order valence-electron chi connectivity index (χ3n) is 2.50. The molecule has 0 radical (unpaired) electrons. The van der Waals surface area contributed by atoms with Crippen molar-refractivity contribution in [3.8, 4) is 0 Å². The van der Waals surface area contributed by atoms with Crippen LogP contribution in [-0.2, 0) is 0 Å². The van der Waals surface area contributed by atoms with Crippen molar-refractivity contribution in [2.75, 3.05) is 39.0 Å². The van der Waals surface area contributed by atoms with E-state index in [1.807, 2.05) is 6.07 Å². The van der Waals surface area contributed by atoms with E-state index in [1.165, 1.54) is 0 Å². The van der Waals surface area contributed by atoms with Crippen molar-refractivity contribution < 1.29 is 4.79 Å². The molecule has 1 heterocycles. The van der Waals surface area contributed by atoms with E-state index >= 15 is 0 Å². The molecule has 0 bridgehead atoms. The van der Waals surface area contributed by atoms with E-state index < -0.39 is 0 Å². The first kappa shape index (κ1) is 14.4. The van der Waals surface area contributed by atoms with Gasteiger partial charge in [-0.15, -0.1) is 0 Å². The molecule has 0 spiro atoms. The summed E-state index contributed by atoms with van der Waals surface area (Å²) >= 11 is 0. The standard InChI is InChI=1S/C13H22N4O/c1-4-14-8-5-9-15-12-7-6-11(10-16-12)13(18)17(2)3/h6-7,10,14H,4-5,8-9H2,1-3H3,(H,15,16). The van der Waals surface area contributed by atoms with E-state index in [1.54, 1.807) is 31.3 Å². The molecule has 1 rings (SSSR count). The van der Waals surface area contributed by atoms with Crippen molar-refractivity contribution in [3.05, 3.63) is 23.9 Å². The Morgan fingerprint density at radius 2 is 2.11 bits per heavy atom. The summed E-state index contributed by atoms with van der Waals surface area (Å²) in [5.41, 5.74) is 0.609. The number of anilines is 1. The van der Waals surface area contributed by atoms with Gasteiger partial charge in [0.25, 0.3) is 5.91 Å². The molecule has 1 aromatic rings. The smallest absolute Gasteiger partial charge is 0.254 e. The lowest BCUT2D eigenvalue weighted by Gasteiger charge is -2.10. The number of nitrogens with one attached hydrogen (secondary N) is 2. The molecule has 5 heteroatoms. The van der Waals surface area contributed by atoms with Crippen molar-refractivity contribution in [2.24, 2.45) is 0 Å². The van der Waals surface area contributed by atoms with Crippen LogP contribution in [0.25, 0.3) is 0 Å². The fourth-order valence-corrected chi connectivity index (χ4v) is 1.49. The third kappa shape index (κ3) is 4.71. The van der Waals surface area contributed by atoms with Gasteiger partial charge in [0, 0.05) is 26.8 Å². The minimum atomic E-state index is -0.0267. The van der Waals surface area contributed by atoms with E-state index in [9.17, 15) is 4.79 Å². The van der Waals surface area contributed by atoms with Gasteiger partial charge in [-0.05, 0) is 31.6 Å². The summed E-state index contributed by atoms with van der Waals surface area (Å²) in [6, 6.07) is 3.63. The lowest BCUT2D eigenvalue weighted by atomic mass is 10.2. The second-order valence-electron chi connectivity index (χ2n) is 4.27. The van der Waals surface area contributed by atoms with Crippen LogP contribution in [0.4, 0.5) is 5.82 Å². The zero-order chi connectivity index (χ0) is 13.4. The first-order valence-electron chi connectivity index (χ1n) is 6.27. The molecule has 0 aromatic carbocycles. The van der Waals surface area contributed by atoms with Gasteiger partial charge >= 0.3 is 0 Å². The molecular weight excluding hydrogens is 228 g/mol. The number of pyridine rings is 1. The summed E-state index contributed by atoms with van der Waals surface area (Å²) in [6.45, 7) is 4.97. The molecule has 0 saturated heterocycles. The SMILES string of the molecule is CCNCCCNc1ccc(C(=O)N(C)C)cn1. The highest BCUT2D eigenvalue weighted by atomic mass is 16.2. The largest absolute Gasteiger partial charge is 0.370 e. The summed E-state index contributed by atoms with van der Waals surface area (Å²) in [7, 11) is 3.46. The molecule has 0 fully saturated rings. The van der Waals surface area contributed by atoms with E-state index in [2.05, 4.69) is 22.5 Å². The van der Waals surface area contributed by atoms with Gasteiger partial charge < -0.3 is 15.5 Å². The number of hydrogen-bond acceptors (Lipinski definition) is 4. The second-order valence-corrected chi connectivity index (χ2v) is 4.27. The number of rotatable bonds is 7. The highest BCUT2D eigenvalue weighted by Crippen LogP contribution is 2.06. The third-order valence-corrected chi connectivity index (χ3v) is 2.50. The van der Waals surface area contributed by atoms with Crippen molar-refractivity contribution >= 4 is 11.7 Å². The topological polar surface area (TPSA) is 57.3 Å². The average Bonchev–Trinajstić information content (AvgIpc) is 2.38. The maximum atomic E-state index is 11.6. The Morgan fingerprint density at radius 1 is 1.33 bits per heavy atom. The molecule has 0 unspecified atom stereocenters. The zero-order valence-corrected chi connectivity index (χ0v) is 11.4. The van der Waals surface area contributed by atoms with E-state index in [-0.39, 0.29) is 5.91 Å². The number of nitrogens with zero attached hydrogens (tertiary/aromatic N) is 2. The first-order valence-corrected chi connectivity index (χ1v) is 6.27. The fourth-order valence-electron chi connectivity index (χ4n) is 1.49. The highest BCUT2D eigenvalue weighted by molar-refractivity contribution is 5.93. The van der Waals surface area contributed by atoms with Gasteiger partial charge in [0.2, 0.25) is 0 Å². The Kier molecular flexibility index (Phi) is 6.14. The van der Waals surface area contributed by atoms with Crippen LogP contribution in [0, 0.1) is 0 Å². The van der Waals surface area contributed by atoms with Crippen LogP contribution in [0.1, 0.15) is 23.7 Å². The van der Waals surface area contributed by atoms with Gasteiger partial charge in [-0.1, -0.05) is 6.92 Å². The van der Waals surface area contributed by atoms with Crippen LogP contribution in [0.2, 0.25) is 0 Å². The Morgan fingerprint density at radius 3 is 2.67 bits per heavy atom. The second kappa shape index (κ2) is 7.66. The van der Waals surface area contributed by atoms with Crippen LogP contribution in [0.3, 0.4) is 0 Å². The van der Waals surface area contributed by atoms with Crippen LogP contribution in [0.5, 0.6) is 0 Å². The molecule has 5 nitrogen and oxygen atoms in total. The summed E-state index contributed by atoms with van der Waals surface area (Å²) in [5.74, 6) is 0.781. The summed E-state index contributed by atoms with van der Waals surface area (Å²) in [4.78, 5) is 17.4. The van der Waals surface area contributed by atoms with Gasteiger partial charge in [-0.3, -0.25) is 4.79 Å². The fraction of sp³-hybridized carbons (Fsp3) is 0.538. The molecule has 1 aromatic heterocycles. The van der Waals surface area contributed by atoms with Gasteiger partial charge in [0.15, 0.2) is 0 Å². The van der Waals surface area contributed by atoms with Gasteiger partial charge in [0.1, 0.15) is 5.82 Å². The Balaban J connectivity index is 2.38. The first-order chi connectivity index (χ1) is 8.65. The van der Waals surface area contributed by atoms with Crippen molar-refractivity contribution in [1.82, 2.24) is 15.2 Å². The molecule has 0 atom stereocenters. The Hall–Kier alpha value is -1.62. The molecule has 0 aliphatic rings. The molecular formula is C13H22N4O. The van der Waals surface area contributed by atoms with Crippen LogP contribution in [-0.4, -0.2) is 49.5 Å². The van der Waals surface area contributed by atoms with Crippen molar-refractivity contribution in [2.45, 2.75) is 13.3 Å². The molecule has 100 valence electrons.